The van der Waals surface area contributed by atoms with Crippen molar-refractivity contribution in [3.05, 3.63) is 190 Å². The van der Waals surface area contributed by atoms with E-state index in [0.29, 0.717) is 74.4 Å². The Labute approximate surface area is 424 Å². The third-order valence-corrected chi connectivity index (χ3v) is 11.5. The van der Waals surface area contributed by atoms with Gasteiger partial charge in [-0.15, -0.1) is 0 Å². The van der Waals surface area contributed by atoms with Gasteiger partial charge >= 0.3 is 23.9 Å². The number of unbranched alkanes of at least 4 members (excludes halogenated alkanes) is 6. The number of ether oxygens (including phenoxy) is 4. The molecule has 0 aliphatic heterocycles. The largest absolute Gasteiger partial charge is 0.494 e. The molecule has 0 aromatic heterocycles. The van der Waals surface area contributed by atoms with Gasteiger partial charge in [-0.25, -0.2) is 28.0 Å². The Balaban J connectivity index is 1.01. The first-order valence-electron chi connectivity index (χ1n) is 23.6. The van der Waals surface area contributed by atoms with Crippen LogP contribution in [0.25, 0.3) is 23.3 Å². The second kappa shape index (κ2) is 27.1. The number of hydrogen-bond acceptors (Lipinski definition) is 10. The summed E-state index contributed by atoms with van der Waals surface area (Å²) >= 11 is 0. The predicted molar refractivity (Wildman–Crippen MR) is 271 cm³/mol. The summed E-state index contributed by atoms with van der Waals surface area (Å²) in [6.45, 7) is 0.922. The van der Waals surface area contributed by atoms with Gasteiger partial charge in [0.15, 0.2) is 11.6 Å². The van der Waals surface area contributed by atoms with E-state index in [0.717, 1.165) is 48.2 Å². The summed E-state index contributed by atoms with van der Waals surface area (Å²) in [6, 6.07) is 29.0. The summed E-state index contributed by atoms with van der Waals surface area (Å²) in [5.41, 5.74) is -0.136. The molecule has 16 heteroatoms. The van der Waals surface area contributed by atoms with Crippen LogP contribution in [0.15, 0.2) is 133 Å². The van der Waals surface area contributed by atoms with Crippen molar-refractivity contribution < 1.29 is 76.9 Å². The first kappa shape index (κ1) is 54.4. The van der Waals surface area contributed by atoms with Crippen molar-refractivity contribution in [3.8, 4) is 34.1 Å². The number of carbonyl (C=O) groups excluding carboxylic acids is 2. The first-order chi connectivity index (χ1) is 35.7. The topological polar surface area (TPSA) is 220 Å². The molecule has 6 rings (SSSR count). The SMILES string of the molecule is O=C(/C=C/c1ccc(OCCCCCCOc2cc(C(=O)O)c(C(=O)O)cc2-c2cc(C(=O)O)c(C(=O)O)cc2OCCCCCCOc2ccc(/C=C/C(=O)c3ccc(F)cc3)cc2)cc1)c1ccc(F)cc1. The lowest BCUT2D eigenvalue weighted by molar-refractivity contribution is 0.0651. The molecule has 0 heterocycles. The molecular formula is C58H52F2O14. The lowest BCUT2D eigenvalue weighted by atomic mass is 9.93. The average molecular weight is 1010 g/mol. The van der Waals surface area contributed by atoms with E-state index in [-0.39, 0.29) is 47.4 Å². The molecule has 0 spiro atoms. The second-order valence-corrected chi connectivity index (χ2v) is 16.8. The third-order valence-electron chi connectivity index (χ3n) is 11.5. The minimum Gasteiger partial charge on any atom is -0.494 e. The van der Waals surface area contributed by atoms with Gasteiger partial charge in [0.25, 0.3) is 0 Å². The molecule has 0 saturated heterocycles. The van der Waals surface area contributed by atoms with Crippen LogP contribution in [-0.2, 0) is 0 Å². The normalized spacial score (nSPS) is 11.1. The highest BCUT2D eigenvalue weighted by molar-refractivity contribution is 6.08. The maximum absolute atomic E-state index is 13.2. The number of aromatic carboxylic acids is 4. The summed E-state index contributed by atoms with van der Waals surface area (Å²) in [4.78, 5) is 73.9. The molecule has 382 valence electrons. The Kier molecular flexibility index (Phi) is 19.9. The van der Waals surface area contributed by atoms with Gasteiger partial charge in [0.1, 0.15) is 34.6 Å². The van der Waals surface area contributed by atoms with Crippen LogP contribution in [0.4, 0.5) is 8.78 Å². The van der Waals surface area contributed by atoms with Crippen LogP contribution < -0.4 is 18.9 Å². The van der Waals surface area contributed by atoms with E-state index >= 15 is 0 Å². The molecule has 0 aliphatic carbocycles. The van der Waals surface area contributed by atoms with Gasteiger partial charge in [-0.2, -0.15) is 0 Å². The van der Waals surface area contributed by atoms with Crippen molar-refractivity contribution in [2.75, 3.05) is 26.4 Å². The zero-order chi connectivity index (χ0) is 53.0. The Bertz CT molecular complexity index is 2790. The zero-order valence-corrected chi connectivity index (χ0v) is 40.0. The van der Waals surface area contributed by atoms with E-state index in [9.17, 15) is 58.0 Å². The summed E-state index contributed by atoms with van der Waals surface area (Å²) in [5.74, 6) is -6.52. The van der Waals surface area contributed by atoms with E-state index in [4.69, 9.17) is 18.9 Å². The van der Waals surface area contributed by atoms with Crippen LogP contribution in [0.1, 0.15) is 125 Å². The van der Waals surface area contributed by atoms with E-state index in [1.807, 2.05) is 0 Å². The van der Waals surface area contributed by atoms with Gasteiger partial charge in [-0.3, -0.25) is 9.59 Å². The number of rotatable bonds is 29. The van der Waals surface area contributed by atoms with Gasteiger partial charge in [0.05, 0.1) is 48.7 Å². The van der Waals surface area contributed by atoms with Gasteiger partial charge in [0.2, 0.25) is 0 Å². The Hall–Kier alpha value is -8.92. The highest BCUT2D eigenvalue weighted by atomic mass is 19.1. The Morgan fingerprint density at radius 2 is 0.676 bits per heavy atom. The van der Waals surface area contributed by atoms with Crippen molar-refractivity contribution in [3.63, 3.8) is 0 Å². The monoisotopic (exact) mass is 1010 g/mol. The van der Waals surface area contributed by atoms with Gasteiger partial charge < -0.3 is 39.4 Å². The van der Waals surface area contributed by atoms with E-state index < -0.39 is 57.8 Å². The van der Waals surface area contributed by atoms with Gasteiger partial charge in [-0.05, 0) is 172 Å². The van der Waals surface area contributed by atoms with Crippen molar-refractivity contribution in [2.45, 2.75) is 51.4 Å². The number of halogens is 2. The second-order valence-electron chi connectivity index (χ2n) is 16.8. The fourth-order valence-corrected chi connectivity index (χ4v) is 7.50. The molecule has 14 nitrogen and oxygen atoms in total. The lowest BCUT2D eigenvalue weighted by Crippen LogP contribution is -2.12. The third kappa shape index (κ3) is 16.0. The first-order valence-corrected chi connectivity index (χ1v) is 23.6. The smallest absolute Gasteiger partial charge is 0.336 e. The minimum absolute atomic E-state index is 0.0177. The van der Waals surface area contributed by atoms with E-state index in [2.05, 4.69) is 0 Å². The Morgan fingerprint density at radius 1 is 0.378 bits per heavy atom. The summed E-state index contributed by atoms with van der Waals surface area (Å²) in [7, 11) is 0. The minimum atomic E-state index is -1.57. The molecular weight excluding hydrogens is 959 g/mol. The van der Waals surface area contributed by atoms with Crippen LogP contribution in [0.5, 0.6) is 23.0 Å². The molecule has 6 aromatic rings. The number of ketones is 2. The van der Waals surface area contributed by atoms with E-state index in [1.165, 1.54) is 60.7 Å². The number of hydrogen-bond donors (Lipinski definition) is 4. The maximum Gasteiger partial charge on any atom is 0.336 e. The van der Waals surface area contributed by atoms with Gasteiger partial charge in [-0.1, -0.05) is 36.4 Å². The molecule has 0 saturated carbocycles. The molecule has 4 N–H and O–H groups in total. The van der Waals surface area contributed by atoms with Crippen LogP contribution >= 0.6 is 0 Å². The van der Waals surface area contributed by atoms with Gasteiger partial charge in [0, 0.05) is 22.3 Å². The van der Waals surface area contributed by atoms with Crippen LogP contribution in [0.3, 0.4) is 0 Å². The quantitative estimate of drug-likeness (QED) is 0.0195. The van der Waals surface area contributed by atoms with Crippen LogP contribution in [-0.4, -0.2) is 82.3 Å². The average Bonchev–Trinajstić information content (AvgIpc) is 3.39. The molecule has 74 heavy (non-hydrogen) atoms. The van der Waals surface area contributed by atoms with Crippen molar-refractivity contribution in [1.29, 1.82) is 0 Å². The van der Waals surface area contributed by atoms with Crippen molar-refractivity contribution in [1.82, 2.24) is 0 Å². The predicted octanol–water partition coefficient (Wildman–Crippen LogP) is 12.3. The fraction of sp³-hybridized carbons (Fsp3) is 0.207. The van der Waals surface area contributed by atoms with Crippen molar-refractivity contribution >= 4 is 47.6 Å². The van der Waals surface area contributed by atoms with Crippen LogP contribution in [0, 0.1) is 11.6 Å². The highest BCUT2D eigenvalue weighted by Crippen LogP contribution is 2.41. The summed E-state index contributed by atoms with van der Waals surface area (Å²) in [5, 5.41) is 40.0. The zero-order valence-electron chi connectivity index (χ0n) is 40.0. The number of carboxylic acids is 4. The number of benzene rings is 6. The molecule has 0 radical (unpaired) electrons. The van der Waals surface area contributed by atoms with E-state index in [1.54, 1.807) is 60.7 Å². The molecule has 0 fully saturated rings. The highest BCUT2D eigenvalue weighted by Gasteiger charge is 2.26. The number of carboxylic acid groups (broad SMARTS) is 4. The molecule has 0 atom stereocenters. The summed E-state index contributed by atoms with van der Waals surface area (Å²) in [6.07, 6.45) is 11.2. The molecule has 6 aromatic carbocycles. The standard InChI is InChI=1S/C58H52F2O14/c59-41-19-15-39(16-20-41)51(61)27-13-37-9-23-43(24-10-37)71-29-5-1-3-7-31-73-53-35-49(57(67)68)47(55(63)64)33-45(53)46-34-48(56(65)66)50(58(69)70)36-54(46)74-32-8-4-2-6-30-72-44-25-11-38(12-26-44)14-28-52(62)40-17-21-42(60)22-18-40/h9-28,33-36H,1-8,29-32H2,(H,63,64)(H,65,66)(H,67,68)(H,69,70)/b27-13+,28-14+. The van der Waals surface area contributed by atoms with Crippen molar-refractivity contribution in [2.24, 2.45) is 0 Å². The molecule has 0 bridgehead atoms. The summed E-state index contributed by atoms with van der Waals surface area (Å²) < 4.78 is 50.2. The maximum atomic E-state index is 13.2. The lowest BCUT2D eigenvalue weighted by Gasteiger charge is -2.19. The van der Waals surface area contributed by atoms with Crippen LogP contribution in [0.2, 0.25) is 0 Å². The number of carbonyl (C=O) groups is 6. The Morgan fingerprint density at radius 3 is 0.986 bits per heavy atom. The molecule has 0 aliphatic rings. The number of allylic oxidation sites excluding steroid dienone is 2. The fourth-order valence-electron chi connectivity index (χ4n) is 7.50. The molecule has 0 amide bonds. The molecule has 0 unspecified atom stereocenters.